The van der Waals surface area contributed by atoms with Crippen LogP contribution in [-0.2, 0) is 6.42 Å². The van der Waals surface area contributed by atoms with Crippen LogP contribution >= 0.6 is 11.3 Å². The topological polar surface area (TPSA) is 77.3 Å². The van der Waals surface area contributed by atoms with Crippen molar-refractivity contribution < 1.29 is 9.66 Å². The third-order valence-electron chi connectivity index (χ3n) is 2.50. The fourth-order valence-electron chi connectivity index (χ4n) is 1.58. The molecule has 0 aliphatic rings. The van der Waals surface area contributed by atoms with Crippen LogP contribution in [0.1, 0.15) is 4.88 Å². The van der Waals surface area contributed by atoms with Gasteiger partial charge in [0.1, 0.15) is 0 Å². The largest absolute Gasteiger partial charge is 0.481 e. The summed E-state index contributed by atoms with van der Waals surface area (Å²) in [6.45, 7) is 0.585. The van der Waals surface area contributed by atoms with Crippen LogP contribution in [0.3, 0.4) is 0 Å². The number of hydrogen-bond donors (Lipinski definition) is 1. The van der Waals surface area contributed by atoms with Gasteiger partial charge in [-0.3, -0.25) is 10.1 Å². The van der Waals surface area contributed by atoms with Gasteiger partial charge in [0, 0.05) is 23.6 Å². The summed E-state index contributed by atoms with van der Waals surface area (Å²) in [6, 6.07) is 6.87. The normalized spacial score (nSPS) is 10.2. The Morgan fingerprint density at radius 3 is 2.95 bits per heavy atom. The Hall–Kier alpha value is -2.15. The molecular formula is C12H13N3O3S. The Morgan fingerprint density at radius 2 is 2.32 bits per heavy atom. The number of aromatic nitrogens is 1. The number of hydrogen-bond acceptors (Lipinski definition) is 6. The number of pyridine rings is 1. The summed E-state index contributed by atoms with van der Waals surface area (Å²) in [5, 5.41) is 15.9. The van der Waals surface area contributed by atoms with E-state index in [9.17, 15) is 10.1 Å². The van der Waals surface area contributed by atoms with Crippen LogP contribution in [0.4, 0.5) is 11.5 Å². The number of nitro groups is 1. The van der Waals surface area contributed by atoms with Gasteiger partial charge in [0.25, 0.3) is 0 Å². The molecule has 0 bridgehead atoms. The molecule has 0 saturated carbocycles. The Bertz CT molecular complexity index is 557. The maximum atomic E-state index is 10.9. The zero-order chi connectivity index (χ0) is 13.7. The Morgan fingerprint density at radius 1 is 1.47 bits per heavy atom. The summed E-state index contributed by atoms with van der Waals surface area (Å²) < 4.78 is 4.97. The molecule has 0 aliphatic carbocycles. The van der Waals surface area contributed by atoms with Crippen molar-refractivity contribution in [2.24, 2.45) is 0 Å². The second-order valence-electron chi connectivity index (χ2n) is 3.73. The molecule has 0 aliphatic heterocycles. The monoisotopic (exact) mass is 279 g/mol. The Labute approximate surface area is 114 Å². The standard InChI is InChI=1S/C12H13N3O3S/c1-18-11-5-4-10(15(16)17)12(14-11)13-7-6-9-3-2-8-19-9/h2-5,8H,6-7H2,1H3,(H,13,14). The van der Waals surface area contributed by atoms with Gasteiger partial charge in [-0.15, -0.1) is 11.3 Å². The zero-order valence-electron chi connectivity index (χ0n) is 10.3. The van der Waals surface area contributed by atoms with Crippen LogP contribution in [0, 0.1) is 10.1 Å². The van der Waals surface area contributed by atoms with Crippen molar-refractivity contribution in [3.63, 3.8) is 0 Å². The van der Waals surface area contributed by atoms with Crippen molar-refractivity contribution in [2.45, 2.75) is 6.42 Å². The van der Waals surface area contributed by atoms with E-state index in [0.717, 1.165) is 6.42 Å². The van der Waals surface area contributed by atoms with E-state index < -0.39 is 4.92 Å². The Kier molecular flexibility index (Phi) is 4.30. The lowest BCUT2D eigenvalue weighted by atomic mass is 10.3. The lowest BCUT2D eigenvalue weighted by molar-refractivity contribution is -0.384. The SMILES string of the molecule is COc1ccc([N+](=O)[O-])c(NCCc2cccs2)n1. The van der Waals surface area contributed by atoms with Crippen molar-refractivity contribution in [2.75, 3.05) is 19.0 Å². The third kappa shape index (κ3) is 3.41. The molecule has 0 spiro atoms. The predicted octanol–water partition coefficient (Wildman–Crippen LogP) is 2.71. The van der Waals surface area contributed by atoms with E-state index in [1.807, 2.05) is 17.5 Å². The number of anilines is 1. The highest BCUT2D eigenvalue weighted by atomic mass is 32.1. The number of rotatable bonds is 6. The van der Waals surface area contributed by atoms with Gasteiger partial charge >= 0.3 is 5.69 Å². The summed E-state index contributed by atoms with van der Waals surface area (Å²) in [5.74, 6) is 0.588. The molecule has 100 valence electrons. The molecular weight excluding hydrogens is 266 g/mol. The van der Waals surface area contributed by atoms with Crippen LogP contribution in [0.25, 0.3) is 0 Å². The molecule has 1 N–H and O–H groups in total. The average molecular weight is 279 g/mol. The number of ether oxygens (including phenoxy) is 1. The molecule has 6 nitrogen and oxygen atoms in total. The molecule has 0 radical (unpaired) electrons. The maximum Gasteiger partial charge on any atom is 0.311 e. The van der Waals surface area contributed by atoms with Crippen LogP contribution in [0.2, 0.25) is 0 Å². The summed E-state index contributed by atoms with van der Waals surface area (Å²) in [4.78, 5) is 15.7. The van der Waals surface area contributed by atoms with Gasteiger partial charge < -0.3 is 10.1 Å². The van der Waals surface area contributed by atoms with Gasteiger partial charge in [-0.25, -0.2) is 0 Å². The fourth-order valence-corrected chi connectivity index (χ4v) is 2.29. The van der Waals surface area contributed by atoms with E-state index in [1.165, 1.54) is 24.1 Å². The zero-order valence-corrected chi connectivity index (χ0v) is 11.1. The molecule has 7 heteroatoms. The summed E-state index contributed by atoms with van der Waals surface area (Å²) >= 11 is 1.66. The molecule has 2 aromatic heterocycles. The molecule has 2 aromatic rings. The van der Waals surface area contributed by atoms with Crippen molar-refractivity contribution in [3.05, 3.63) is 44.6 Å². The molecule has 0 atom stereocenters. The molecule has 0 unspecified atom stereocenters. The van der Waals surface area contributed by atoms with Crippen molar-refractivity contribution >= 4 is 22.8 Å². The second-order valence-corrected chi connectivity index (χ2v) is 4.77. The van der Waals surface area contributed by atoms with Crippen LogP contribution in [0.15, 0.2) is 29.6 Å². The first kappa shape index (κ1) is 13.3. The van der Waals surface area contributed by atoms with Gasteiger partial charge in [-0.1, -0.05) is 6.07 Å². The highest BCUT2D eigenvalue weighted by Crippen LogP contribution is 2.24. The fraction of sp³-hybridized carbons (Fsp3) is 0.250. The molecule has 0 saturated heterocycles. The molecule has 19 heavy (non-hydrogen) atoms. The quantitative estimate of drug-likeness (QED) is 0.649. The molecule has 0 amide bonds. The first-order chi connectivity index (χ1) is 9.20. The average Bonchev–Trinajstić information content (AvgIpc) is 2.91. The number of nitrogens with zero attached hydrogens (tertiary/aromatic N) is 2. The molecule has 2 rings (SSSR count). The van der Waals surface area contributed by atoms with E-state index >= 15 is 0 Å². The summed E-state index contributed by atoms with van der Waals surface area (Å²) in [6.07, 6.45) is 0.799. The predicted molar refractivity (Wildman–Crippen MR) is 74.0 cm³/mol. The van der Waals surface area contributed by atoms with Gasteiger partial charge in [-0.05, 0) is 17.9 Å². The van der Waals surface area contributed by atoms with Gasteiger partial charge in [0.15, 0.2) is 0 Å². The van der Waals surface area contributed by atoms with E-state index in [-0.39, 0.29) is 11.5 Å². The van der Waals surface area contributed by atoms with E-state index in [1.54, 1.807) is 11.3 Å². The molecule has 0 fully saturated rings. The van der Waals surface area contributed by atoms with Crippen LogP contribution in [-0.4, -0.2) is 23.6 Å². The second kappa shape index (κ2) is 6.14. The van der Waals surface area contributed by atoms with Crippen LogP contribution in [0.5, 0.6) is 5.88 Å². The number of thiophene rings is 1. The first-order valence-corrected chi connectivity index (χ1v) is 6.54. The van der Waals surface area contributed by atoms with Crippen molar-refractivity contribution in [1.82, 2.24) is 4.98 Å². The highest BCUT2D eigenvalue weighted by molar-refractivity contribution is 7.09. The van der Waals surface area contributed by atoms with E-state index in [2.05, 4.69) is 10.3 Å². The molecule has 2 heterocycles. The summed E-state index contributed by atoms with van der Waals surface area (Å²) in [7, 11) is 1.48. The Balaban J connectivity index is 2.06. The maximum absolute atomic E-state index is 10.9. The van der Waals surface area contributed by atoms with Gasteiger partial charge in [-0.2, -0.15) is 4.98 Å². The van der Waals surface area contributed by atoms with Gasteiger partial charge in [0.2, 0.25) is 11.7 Å². The minimum Gasteiger partial charge on any atom is -0.481 e. The number of methoxy groups -OCH3 is 1. The molecule has 0 aromatic carbocycles. The minimum absolute atomic E-state index is 0.0491. The number of nitrogens with one attached hydrogen (secondary N) is 1. The van der Waals surface area contributed by atoms with Crippen molar-refractivity contribution in [3.8, 4) is 5.88 Å². The first-order valence-electron chi connectivity index (χ1n) is 5.66. The smallest absolute Gasteiger partial charge is 0.311 e. The lowest BCUT2D eigenvalue weighted by Gasteiger charge is -2.07. The summed E-state index contributed by atoms with van der Waals surface area (Å²) in [5.41, 5.74) is -0.0491. The minimum atomic E-state index is -0.458. The van der Waals surface area contributed by atoms with Crippen LogP contribution < -0.4 is 10.1 Å². The third-order valence-corrected chi connectivity index (χ3v) is 3.43. The lowest BCUT2D eigenvalue weighted by Crippen LogP contribution is -2.08. The van der Waals surface area contributed by atoms with Gasteiger partial charge in [0.05, 0.1) is 12.0 Å². The van der Waals surface area contributed by atoms with E-state index in [4.69, 9.17) is 4.74 Å². The highest BCUT2D eigenvalue weighted by Gasteiger charge is 2.15. The van der Waals surface area contributed by atoms with E-state index in [0.29, 0.717) is 12.4 Å². The van der Waals surface area contributed by atoms with Crippen molar-refractivity contribution in [1.29, 1.82) is 0 Å².